The summed E-state index contributed by atoms with van der Waals surface area (Å²) in [7, 11) is 0.865. The van der Waals surface area contributed by atoms with Crippen LogP contribution in [0, 0.1) is 0 Å². The van der Waals surface area contributed by atoms with Gasteiger partial charge in [0, 0.05) is 23.6 Å². The normalized spacial score (nSPS) is 16.4. The standard InChI is InChI=1S/C11H10ClF2NO3S/c12-19(17,18)8-4-1-3-7(10(8)11(13)14)15-6-2-5-9(15)16/h1,3-4,11H,2,5-6H2. The Hall–Kier alpha value is -1.21. The third-order valence-electron chi connectivity index (χ3n) is 2.89. The fourth-order valence-corrected chi connectivity index (χ4v) is 3.20. The van der Waals surface area contributed by atoms with Gasteiger partial charge in [-0.25, -0.2) is 17.2 Å². The van der Waals surface area contributed by atoms with Crippen molar-refractivity contribution in [3.63, 3.8) is 0 Å². The SMILES string of the molecule is O=C1CCCN1c1cccc(S(=O)(=O)Cl)c1C(F)F. The summed E-state index contributed by atoms with van der Waals surface area (Å²) in [4.78, 5) is 12.1. The van der Waals surface area contributed by atoms with Crippen LogP contribution < -0.4 is 4.90 Å². The van der Waals surface area contributed by atoms with E-state index in [2.05, 4.69) is 0 Å². The maximum absolute atomic E-state index is 13.1. The first-order valence-electron chi connectivity index (χ1n) is 5.48. The van der Waals surface area contributed by atoms with Crippen LogP contribution in [0.5, 0.6) is 0 Å². The molecule has 1 aliphatic rings. The highest BCUT2D eigenvalue weighted by molar-refractivity contribution is 8.13. The topological polar surface area (TPSA) is 54.5 Å². The van der Waals surface area contributed by atoms with Crippen molar-refractivity contribution in [3.05, 3.63) is 23.8 Å². The van der Waals surface area contributed by atoms with Crippen LogP contribution in [0.2, 0.25) is 0 Å². The fourth-order valence-electron chi connectivity index (χ4n) is 2.10. The average molecular weight is 310 g/mol. The number of anilines is 1. The first-order chi connectivity index (χ1) is 8.82. The van der Waals surface area contributed by atoms with Crippen molar-refractivity contribution in [1.29, 1.82) is 0 Å². The smallest absolute Gasteiger partial charge is 0.267 e. The van der Waals surface area contributed by atoms with Gasteiger partial charge in [-0.15, -0.1) is 0 Å². The average Bonchev–Trinajstić information content (AvgIpc) is 2.73. The van der Waals surface area contributed by atoms with Gasteiger partial charge < -0.3 is 4.90 Å². The van der Waals surface area contributed by atoms with E-state index < -0.39 is 25.9 Å². The summed E-state index contributed by atoms with van der Waals surface area (Å²) in [6.45, 7) is 0.296. The van der Waals surface area contributed by atoms with E-state index >= 15 is 0 Å². The zero-order chi connectivity index (χ0) is 14.2. The molecule has 0 bridgehead atoms. The summed E-state index contributed by atoms with van der Waals surface area (Å²) in [5.41, 5.74) is -0.799. The molecule has 1 aromatic carbocycles. The molecule has 0 spiro atoms. The van der Waals surface area contributed by atoms with Crippen molar-refractivity contribution in [2.24, 2.45) is 0 Å². The van der Waals surface area contributed by atoms with Crippen molar-refractivity contribution in [1.82, 2.24) is 0 Å². The van der Waals surface area contributed by atoms with Crippen LogP contribution in [0.3, 0.4) is 0 Å². The number of hydrogen-bond donors (Lipinski definition) is 0. The molecule has 0 saturated carbocycles. The largest absolute Gasteiger partial charge is 0.312 e. The Morgan fingerprint density at radius 3 is 2.47 bits per heavy atom. The van der Waals surface area contributed by atoms with E-state index in [9.17, 15) is 22.0 Å². The number of alkyl halides is 2. The fraction of sp³-hybridized carbons (Fsp3) is 0.364. The first kappa shape index (κ1) is 14.2. The summed E-state index contributed by atoms with van der Waals surface area (Å²) in [5, 5.41) is 0. The molecule has 4 nitrogen and oxygen atoms in total. The van der Waals surface area contributed by atoms with Gasteiger partial charge in [-0.1, -0.05) is 6.07 Å². The summed E-state index contributed by atoms with van der Waals surface area (Å²) < 4.78 is 48.9. The maximum atomic E-state index is 13.1. The molecule has 19 heavy (non-hydrogen) atoms. The van der Waals surface area contributed by atoms with E-state index in [1.165, 1.54) is 17.0 Å². The molecule has 1 heterocycles. The summed E-state index contributed by atoms with van der Waals surface area (Å²) in [5.74, 6) is -0.300. The minimum absolute atomic E-state index is 0.0841. The Kier molecular flexibility index (Phi) is 3.78. The minimum atomic E-state index is -4.29. The molecule has 1 aliphatic heterocycles. The van der Waals surface area contributed by atoms with Crippen molar-refractivity contribution in [3.8, 4) is 0 Å². The minimum Gasteiger partial charge on any atom is -0.312 e. The molecule has 1 saturated heterocycles. The number of benzene rings is 1. The maximum Gasteiger partial charge on any atom is 0.267 e. The Labute approximate surface area is 113 Å². The second-order valence-corrected chi connectivity index (χ2v) is 6.61. The lowest BCUT2D eigenvalue weighted by Crippen LogP contribution is -2.25. The third kappa shape index (κ3) is 2.71. The number of hydrogen-bond acceptors (Lipinski definition) is 3. The second kappa shape index (κ2) is 5.05. The van der Waals surface area contributed by atoms with Crippen LogP contribution in [0.15, 0.2) is 23.1 Å². The first-order valence-corrected chi connectivity index (χ1v) is 7.79. The van der Waals surface area contributed by atoms with E-state index in [-0.39, 0.29) is 18.0 Å². The van der Waals surface area contributed by atoms with Gasteiger partial charge in [-0.2, -0.15) is 0 Å². The number of nitrogens with zero attached hydrogens (tertiary/aromatic N) is 1. The molecule has 0 N–H and O–H groups in total. The van der Waals surface area contributed by atoms with E-state index in [1.807, 2.05) is 0 Å². The van der Waals surface area contributed by atoms with Crippen LogP contribution in [0.25, 0.3) is 0 Å². The zero-order valence-corrected chi connectivity index (χ0v) is 11.2. The lowest BCUT2D eigenvalue weighted by Gasteiger charge is -2.20. The molecule has 1 amide bonds. The number of amides is 1. The van der Waals surface area contributed by atoms with Gasteiger partial charge in [-0.05, 0) is 18.6 Å². The van der Waals surface area contributed by atoms with Crippen molar-refractivity contribution >= 4 is 31.3 Å². The number of carbonyl (C=O) groups is 1. The van der Waals surface area contributed by atoms with Gasteiger partial charge >= 0.3 is 0 Å². The lowest BCUT2D eigenvalue weighted by molar-refractivity contribution is -0.117. The molecule has 1 fully saturated rings. The highest BCUT2D eigenvalue weighted by atomic mass is 35.7. The number of carbonyl (C=O) groups excluding carboxylic acids is 1. The van der Waals surface area contributed by atoms with E-state index in [4.69, 9.17) is 10.7 Å². The van der Waals surface area contributed by atoms with Crippen LogP contribution in [0.1, 0.15) is 24.8 Å². The Balaban J connectivity index is 2.65. The molecular weight excluding hydrogens is 300 g/mol. The Morgan fingerprint density at radius 1 is 1.32 bits per heavy atom. The lowest BCUT2D eigenvalue weighted by atomic mass is 10.1. The van der Waals surface area contributed by atoms with Crippen molar-refractivity contribution < 1.29 is 22.0 Å². The molecule has 1 aromatic rings. The summed E-state index contributed by atoms with van der Waals surface area (Å²) in [6.07, 6.45) is -2.21. The van der Waals surface area contributed by atoms with Crippen LogP contribution in [-0.4, -0.2) is 20.9 Å². The predicted octanol–water partition coefficient (Wildman–Crippen LogP) is 2.68. The van der Waals surface area contributed by atoms with E-state index in [1.54, 1.807) is 0 Å². The summed E-state index contributed by atoms with van der Waals surface area (Å²) >= 11 is 0. The van der Waals surface area contributed by atoms with Gasteiger partial charge in [0.05, 0.1) is 16.1 Å². The summed E-state index contributed by atoms with van der Waals surface area (Å²) in [6, 6.07) is 3.60. The molecule has 0 aliphatic carbocycles. The van der Waals surface area contributed by atoms with Gasteiger partial charge in [0.1, 0.15) is 0 Å². The van der Waals surface area contributed by atoms with E-state index in [0.29, 0.717) is 13.0 Å². The molecule has 8 heteroatoms. The zero-order valence-electron chi connectivity index (χ0n) is 9.64. The molecular formula is C11H10ClF2NO3S. The van der Waals surface area contributed by atoms with Gasteiger partial charge in [0.25, 0.3) is 15.5 Å². The van der Waals surface area contributed by atoms with E-state index in [0.717, 1.165) is 6.07 Å². The van der Waals surface area contributed by atoms with Gasteiger partial charge in [0.15, 0.2) is 0 Å². The molecule has 0 aromatic heterocycles. The van der Waals surface area contributed by atoms with Crippen LogP contribution in [-0.2, 0) is 13.8 Å². The highest BCUT2D eigenvalue weighted by Gasteiger charge is 2.31. The quantitative estimate of drug-likeness (QED) is 0.807. The molecule has 0 unspecified atom stereocenters. The van der Waals surface area contributed by atoms with Crippen molar-refractivity contribution in [2.75, 3.05) is 11.4 Å². The second-order valence-electron chi connectivity index (χ2n) is 4.08. The predicted molar refractivity (Wildman–Crippen MR) is 66.0 cm³/mol. The van der Waals surface area contributed by atoms with Crippen molar-refractivity contribution in [2.45, 2.75) is 24.2 Å². The molecule has 0 atom stereocenters. The monoisotopic (exact) mass is 309 g/mol. The van der Waals surface area contributed by atoms with Gasteiger partial charge in [0.2, 0.25) is 5.91 Å². The number of rotatable bonds is 3. The Morgan fingerprint density at radius 2 is 2.00 bits per heavy atom. The van der Waals surface area contributed by atoms with Crippen LogP contribution >= 0.6 is 10.7 Å². The molecule has 0 radical (unpaired) electrons. The highest BCUT2D eigenvalue weighted by Crippen LogP contribution is 2.37. The van der Waals surface area contributed by atoms with Gasteiger partial charge in [-0.3, -0.25) is 4.79 Å². The molecule has 2 rings (SSSR count). The third-order valence-corrected chi connectivity index (χ3v) is 4.27. The Bertz CT molecular complexity index is 618. The molecule has 104 valence electrons. The number of halogens is 3. The van der Waals surface area contributed by atoms with Crippen LogP contribution in [0.4, 0.5) is 14.5 Å².